The maximum Gasteiger partial charge on any atom is 0.294 e. The Kier molecular flexibility index (Phi) is 10.6. The fraction of sp³-hybridized carbons (Fsp3) is 0.500. The van der Waals surface area contributed by atoms with Crippen molar-refractivity contribution < 1.29 is 9.92 Å². The number of thiazole rings is 1. The first-order valence-electron chi connectivity index (χ1n) is 6.71. The van der Waals surface area contributed by atoms with Crippen molar-refractivity contribution >= 4 is 23.1 Å². The maximum atomic E-state index is 10.1. The van der Waals surface area contributed by atoms with Crippen molar-refractivity contribution in [3.63, 3.8) is 0 Å². The SMILES string of the molecule is C=C(Cc1nc(C)c(CCO[N+](=O)[O-])s1)S/C=C\C.CC. The predicted octanol–water partition coefficient (Wildman–Crippen LogP) is 4.55. The molecule has 0 fully saturated rings. The molecule has 21 heavy (non-hydrogen) atoms. The van der Waals surface area contributed by atoms with E-state index in [1.807, 2.05) is 39.2 Å². The Morgan fingerprint density at radius 1 is 1.57 bits per heavy atom. The van der Waals surface area contributed by atoms with Crippen LogP contribution in [0, 0.1) is 17.0 Å². The standard InChI is InChI=1S/C12H16N2O3S2.C2H6/c1-4-7-18-9(2)8-12-13-10(3)11(19-12)5-6-17-14(15)16;1-2/h4,7H,2,5-6,8H2,1,3H3;1-2H3/b7-4-;. The summed E-state index contributed by atoms with van der Waals surface area (Å²) >= 11 is 3.15. The van der Waals surface area contributed by atoms with Gasteiger partial charge in [0.15, 0.2) is 0 Å². The molecule has 1 aromatic heterocycles. The van der Waals surface area contributed by atoms with E-state index in [1.54, 1.807) is 23.1 Å². The van der Waals surface area contributed by atoms with Gasteiger partial charge in [-0.05, 0) is 24.2 Å². The van der Waals surface area contributed by atoms with Crippen LogP contribution in [0.1, 0.15) is 36.3 Å². The van der Waals surface area contributed by atoms with Crippen molar-refractivity contribution in [2.45, 2.75) is 40.5 Å². The van der Waals surface area contributed by atoms with Gasteiger partial charge in [-0.2, -0.15) is 0 Å². The minimum Gasteiger partial charge on any atom is -0.314 e. The van der Waals surface area contributed by atoms with Crippen LogP contribution in [0.25, 0.3) is 0 Å². The zero-order valence-corrected chi connectivity index (χ0v) is 14.6. The monoisotopic (exact) mass is 330 g/mol. The van der Waals surface area contributed by atoms with E-state index in [1.165, 1.54) is 0 Å². The largest absolute Gasteiger partial charge is 0.314 e. The number of allylic oxidation sites excluding steroid dienone is 2. The summed E-state index contributed by atoms with van der Waals surface area (Å²) in [7, 11) is 0. The second-order valence-corrected chi connectivity index (χ2v) is 5.98. The molecule has 118 valence electrons. The molecular weight excluding hydrogens is 308 g/mol. The maximum absolute atomic E-state index is 10.1. The van der Waals surface area contributed by atoms with Gasteiger partial charge in [-0.1, -0.05) is 26.5 Å². The van der Waals surface area contributed by atoms with Crippen LogP contribution in [0.5, 0.6) is 0 Å². The van der Waals surface area contributed by atoms with Crippen molar-refractivity contribution in [1.82, 2.24) is 4.98 Å². The van der Waals surface area contributed by atoms with Gasteiger partial charge in [0.25, 0.3) is 5.09 Å². The molecule has 1 heterocycles. The molecule has 0 aliphatic carbocycles. The molecule has 0 bridgehead atoms. The summed E-state index contributed by atoms with van der Waals surface area (Å²) in [5.41, 5.74) is 0.913. The molecule has 0 unspecified atom stereocenters. The third-order valence-corrected chi connectivity index (χ3v) is 4.29. The lowest BCUT2D eigenvalue weighted by atomic mass is 10.3. The van der Waals surface area contributed by atoms with Crippen molar-refractivity contribution in [3.8, 4) is 0 Å². The second-order valence-electron chi connectivity index (χ2n) is 3.73. The number of thioether (sulfide) groups is 1. The highest BCUT2D eigenvalue weighted by Gasteiger charge is 2.09. The smallest absolute Gasteiger partial charge is 0.294 e. The van der Waals surface area contributed by atoms with Gasteiger partial charge in [0.2, 0.25) is 0 Å². The molecule has 1 aromatic rings. The fourth-order valence-electron chi connectivity index (χ4n) is 1.38. The van der Waals surface area contributed by atoms with Crippen LogP contribution in [0.15, 0.2) is 23.0 Å². The van der Waals surface area contributed by atoms with Gasteiger partial charge in [-0.3, -0.25) is 0 Å². The van der Waals surface area contributed by atoms with Gasteiger partial charge in [-0.15, -0.1) is 33.2 Å². The van der Waals surface area contributed by atoms with Gasteiger partial charge in [0.05, 0.1) is 10.7 Å². The minimum atomic E-state index is -0.771. The number of hydrogen-bond acceptors (Lipinski definition) is 6. The first-order chi connectivity index (χ1) is 10.0. The Hall–Kier alpha value is -1.34. The fourth-order valence-corrected chi connectivity index (χ4v) is 3.12. The zero-order valence-electron chi connectivity index (χ0n) is 12.9. The van der Waals surface area contributed by atoms with E-state index in [0.717, 1.165) is 26.9 Å². The van der Waals surface area contributed by atoms with Crippen molar-refractivity contribution in [2.24, 2.45) is 0 Å². The molecule has 0 aliphatic rings. The molecule has 0 saturated carbocycles. The summed E-state index contributed by atoms with van der Waals surface area (Å²) in [6.45, 7) is 11.9. The third kappa shape index (κ3) is 8.52. The molecule has 0 aromatic carbocycles. The summed E-state index contributed by atoms with van der Waals surface area (Å²) in [5, 5.41) is 12.3. The van der Waals surface area contributed by atoms with E-state index in [9.17, 15) is 10.1 Å². The summed E-state index contributed by atoms with van der Waals surface area (Å²) < 4.78 is 0. The van der Waals surface area contributed by atoms with Crippen molar-refractivity contribution in [2.75, 3.05) is 6.61 Å². The van der Waals surface area contributed by atoms with Crippen LogP contribution in [-0.2, 0) is 17.7 Å². The van der Waals surface area contributed by atoms with Crippen LogP contribution in [0.3, 0.4) is 0 Å². The number of aromatic nitrogens is 1. The lowest BCUT2D eigenvalue weighted by Crippen LogP contribution is -2.04. The van der Waals surface area contributed by atoms with Crippen molar-refractivity contribution in [1.29, 1.82) is 0 Å². The molecule has 0 atom stereocenters. The Morgan fingerprint density at radius 3 is 2.81 bits per heavy atom. The third-order valence-electron chi connectivity index (χ3n) is 2.18. The van der Waals surface area contributed by atoms with Crippen molar-refractivity contribution in [3.05, 3.63) is 48.7 Å². The molecule has 7 heteroatoms. The molecular formula is C14H22N2O3S2. The molecule has 0 N–H and O–H groups in total. The number of aryl methyl sites for hydroxylation is 1. The first kappa shape index (κ1) is 19.7. The molecule has 0 amide bonds. The van der Waals surface area contributed by atoms with E-state index in [2.05, 4.69) is 16.4 Å². The van der Waals surface area contributed by atoms with Gasteiger partial charge < -0.3 is 4.84 Å². The lowest BCUT2D eigenvalue weighted by Gasteiger charge is -1.97. The quantitative estimate of drug-likeness (QED) is 0.517. The van der Waals surface area contributed by atoms with E-state index in [-0.39, 0.29) is 6.61 Å². The first-order valence-corrected chi connectivity index (χ1v) is 8.40. The number of rotatable bonds is 8. The summed E-state index contributed by atoms with van der Waals surface area (Å²) in [4.78, 5) is 20.9. The predicted molar refractivity (Wildman–Crippen MR) is 90.1 cm³/mol. The molecule has 1 rings (SSSR count). The average molecular weight is 330 g/mol. The molecule has 0 spiro atoms. The van der Waals surface area contributed by atoms with Gasteiger partial charge in [0, 0.05) is 17.7 Å². The minimum absolute atomic E-state index is 0.0732. The molecule has 0 aliphatic heterocycles. The zero-order chi connectivity index (χ0) is 16.3. The van der Waals surface area contributed by atoms with Gasteiger partial charge in [0.1, 0.15) is 6.61 Å². The van der Waals surface area contributed by atoms with E-state index in [0.29, 0.717) is 6.42 Å². The number of nitrogens with zero attached hydrogens (tertiary/aromatic N) is 2. The summed E-state index contributed by atoms with van der Waals surface area (Å²) in [6.07, 6.45) is 3.19. The van der Waals surface area contributed by atoms with Crippen LogP contribution in [0.4, 0.5) is 0 Å². The Morgan fingerprint density at radius 2 is 2.24 bits per heavy atom. The van der Waals surface area contributed by atoms with Gasteiger partial charge >= 0.3 is 0 Å². The van der Waals surface area contributed by atoms with E-state index >= 15 is 0 Å². The second kappa shape index (κ2) is 11.3. The van der Waals surface area contributed by atoms with E-state index < -0.39 is 5.09 Å². The average Bonchev–Trinajstić information content (AvgIpc) is 2.78. The van der Waals surface area contributed by atoms with Gasteiger partial charge in [-0.25, -0.2) is 4.98 Å². The van der Waals surface area contributed by atoms with E-state index in [4.69, 9.17) is 0 Å². The lowest BCUT2D eigenvalue weighted by molar-refractivity contribution is -0.757. The molecule has 0 saturated heterocycles. The summed E-state index contributed by atoms with van der Waals surface area (Å²) in [6, 6.07) is 0. The normalized spacial score (nSPS) is 10.1. The van der Waals surface area contributed by atoms with Crippen LogP contribution in [-0.4, -0.2) is 16.7 Å². The summed E-state index contributed by atoms with van der Waals surface area (Å²) in [5.74, 6) is 0. The highest BCUT2D eigenvalue weighted by molar-refractivity contribution is 8.05. The Balaban J connectivity index is 0.00000191. The highest BCUT2D eigenvalue weighted by atomic mass is 32.2. The van der Waals surface area contributed by atoms with Crippen LogP contribution >= 0.6 is 23.1 Å². The van der Waals surface area contributed by atoms with Crippen LogP contribution in [0.2, 0.25) is 0 Å². The molecule has 5 nitrogen and oxygen atoms in total. The molecule has 0 radical (unpaired) electrons. The topological polar surface area (TPSA) is 65.3 Å². The Bertz CT molecular complexity index is 485. The Labute approximate surface area is 134 Å². The number of hydrogen-bond donors (Lipinski definition) is 0. The highest BCUT2D eigenvalue weighted by Crippen LogP contribution is 2.25. The van der Waals surface area contributed by atoms with Crippen LogP contribution < -0.4 is 0 Å².